The molecule has 2 N–H and O–H groups in total. The van der Waals surface area contributed by atoms with Crippen LogP contribution in [-0.4, -0.2) is 72.6 Å². The lowest BCUT2D eigenvalue weighted by Gasteiger charge is -2.50. The molecule has 1 aromatic heterocycles. The Kier molecular flexibility index (Phi) is 10.6. The van der Waals surface area contributed by atoms with Crippen molar-refractivity contribution in [2.45, 2.75) is 64.5 Å². The Morgan fingerprint density at radius 1 is 1.14 bits per heavy atom. The Balaban J connectivity index is 0.00000300. The van der Waals surface area contributed by atoms with Crippen LogP contribution in [0.4, 0.5) is 0 Å². The van der Waals surface area contributed by atoms with Crippen molar-refractivity contribution in [3.05, 3.63) is 16.1 Å². The van der Waals surface area contributed by atoms with Gasteiger partial charge in [0, 0.05) is 29.7 Å². The van der Waals surface area contributed by atoms with E-state index in [2.05, 4.69) is 46.3 Å². The number of rotatable bonds is 7. The number of nitrogens with one attached hydrogen (secondary N) is 2. The molecule has 2 aliphatic heterocycles. The van der Waals surface area contributed by atoms with E-state index in [9.17, 15) is 0 Å². The molecule has 2 aliphatic rings. The van der Waals surface area contributed by atoms with Crippen LogP contribution in [0, 0.1) is 0 Å². The van der Waals surface area contributed by atoms with Gasteiger partial charge in [0.15, 0.2) is 5.96 Å². The fraction of sp³-hybridized carbons (Fsp3) is 0.810. The van der Waals surface area contributed by atoms with Crippen molar-refractivity contribution < 1.29 is 0 Å². The van der Waals surface area contributed by atoms with E-state index in [0.29, 0.717) is 6.54 Å². The number of nitrogens with zero attached hydrogens (tertiary/aromatic N) is 4. The summed E-state index contributed by atoms with van der Waals surface area (Å²) >= 11 is 1.77. The summed E-state index contributed by atoms with van der Waals surface area (Å²) in [6, 6.07) is 0. The highest BCUT2D eigenvalue weighted by Gasteiger charge is 2.39. The van der Waals surface area contributed by atoms with Gasteiger partial charge in [-0.3, -0.25) is 4.90 Å². The highest BCUT2D eigenvalue weighted by Crippen LogP contribution is 2.30. The van der Waals surface area contributed by atoms with Crippen molar-refractivity contribution in [3.8, 4) is 0 Å². The summed E-state index contributed by atoms with van der Waals surface area (Å²) in [5, 5.41) is 8.22. The monoisotopic (exact) mass is 534 g/mol. The molecule has 0 aliphatic carbocycles. The van der Waals surface area contributed by atoms with Crippen LogP contribution in [0.5, 0.6) is 0 Å². The molecule has 0 spiro atoms. The van der Waals surface area contributed by atoms with E-state index in [0.717, 1.165) is 30.5 Å². The lowest BCUT2D eigenvalue weighted by Crippen LogP contribution is -2.62. The third-order valence-electron chi connectivity index (χ3n) is 6.20. The molecule has 0 unspecified atom stereocenters. The summed E-state index contributed by atoms with van der Waals surface area (Å²) in [5.41, 5.74) is 0.264. The number of hydrogen-bond donors (Lipinski definition) is 2. The molecular formula is C21H39IN6S. The zero-order valence-electron chi connectivity index (χ0n) is 18.4. The highest BCUT2D eigenvalue weighted by molar-refractivity contribution is 14.0. The number of thiazole rings is 1. The zero-order chi connectivity index (χ0) is 19.8. The average molecular weight is 535 g/mol. The summed E-state index contributed by atoms with van der Waals surface area (Å²) in [6.45, 7) is 11.7. The molecule has 1 aromatic rings. The molecule has 3 rings (SSSR count). The number of aromatic nitrogens is 1. The van der Waals surface area contributed by atoms with Gasteiger partial charge in [0.05, 0.1) is 6.54 Å². The number of halogens is 1. The van der Waals surface area contributed by atoms with Gasteiger partial charge in [0.1, 0.15) is 5.01 Å². The summed E-state index contributed by atoms with van der Waals surface area (Å²) in [6.07, 6.45) is 9.58. The lowest BCUT2D eigenvalue weighted by atomic mass is 9.84. The van der Waals surface area contributed by atoms with E-state index >= 15 is 0 Å². The molecule has 2 fully saturated rings. The number of piperidine rings is 2. The smallest absolute Gasteiger partial charge is 0.191 e. The topological polar surface area (TPSA) is 55.8 Å². The van der Waals surface area contributed by atoms with Crippen molar-refractivity contribution in [1.82, 2.24) is 25.4 Å². The Hall–Kier alpha value is -0.450. The van der Waals surface area contributed by atoms with Crippen LogP contribution in [0.2, 0.25) is 0 Å². The van der Waals surface area contributed by atoms with Crippen molar-refractivity contribution in [3.63, 3.8) is 0 Å². The average Bonchev–Trinajstić information content (AvgIpc) is 3.20. The molecule has 3 heterocycles. The molecule has 0 radical (unpaired) electrons. The van der Waals surface area contributed by atoms with Crippen molar-refractivity contribution in [2.24, 2.45) is 4.99 Å². The molecule has 2 saturated heterocycles. The molecular weight excluding hydrogens is 495 g/mol. The standard InChI is InChI=1S/C21H38N6S.HI/c1-4-18-15-23-19(28-18)16-24-20(22-5-2)25-17-21(9-13-26(3)14-10-21)27-11-7-6-8-12-27;/h15H,4-14,16-17H2,1-3H3,(H2,22,24,25);1H. The number of aliphatic imine (C=N–C) groups is 1. The predicted molar refractivity (Wildman–Crippen MR) is 135 cm³/mol. The molecule has 8 heteroatoms. The molecule has 0 atom stereocenters. The summed E-state index contributed by atoms with van der Waals surface area (Å²) in [7, 11) is 2.25. The second kappa shape index (κ2) is 12.4. The Morgan fingerprint density at radius 3 is 2.48 bits per heavy atom. The van der Waals surface area contributed by atoms with Crippen molar-refractivity contribution >= 4 is 41.3 Å². The van der Waals surface area contributed by atoms with Gasteiger partial charge in [-0.2, -0.15) is 0 Å². The molecule has 0 aromatic carbocycles. The van der Waals surface area contributed by atoms with Crippen LogP contribution < -0.4 is 10.6 Å². The molecule has 29 heavy (non-hydrogen) atoms. The third-order valence-corrected chi connectivity index (χ3v) is 7.32. The van der Waals surface area contributed by atoms with Crippen LogP contribution >= 0.6 is 35.3 Å². The van der Waals surface area contributed by atoms with Crippen molar-refractivity contribution in [2.75, 3.05) is 46.3 Å². The first-order chi connectivity index (χ1) is 13.6. The lowest BCUT2D eigenvalue weighted by molar-refractivity contribution is 0.0173. The fourth-order valence-electron chi connectivity index (χ4n) is 4.33. The van der Waals surface area contributed by atoms with Gasteiger partial charge in [-0.15, -0.1) is 35.3 Å². The molecule has 166 valence electrons. The van der Waals surface area contributed by atoms with Gasteiger partial charge in [-0.05, 0) is 72.3 Å². The highest BCUT2D eigenvalue weighted by atomic mass is 127. The Morgan fingerprint density at radius 2 is 1.86 bits per heavy atom. The summed E-state index contributed by atoms with van der Waals surface area (Å²) in [4.78, 5) is 15.9. The van der Waals surface area contributed by atoms with E-state index in [1.807, 2.05) is 6.20 Å². The first-order valence-corrected chi connectivity index (χ1v) is 11.9. The quantitative estimate of drug-likeness (QED) is 0.320. The largest absolute Gasteiger partial charge is 0.357 e. The number of hydrogen-bond acceptors (Lipinski definition) is 5. The van der Waals surface area contributed by atoms with E-state index < -0.39 is 0 Å². The van der Waals surface area contributed by atoms with Gasteiger partial charge in [0.2, 0.25) is 0 Å². The van der Waals surface area contributed by atoms with E-state index in [4.69, 9.17) is 4.99 Å². The number of aryl methyl sites for hydroxylation is 1. The molecule has 0 amide bonds. The van der Waals surface area contributed by atoms with Gasteiger partial charge in [-0.1, -0.05) is 13.3 Å². The Bertz CT molecular complexity index is 620. The Labute approximate surface area is 198 Å². The molecule has 0 bridgehead atoms. The SMILES string of the molecule is CCNC(=NCc1ncc(CC)s1)NCC1(N2CCCCC2)CCN(C)CC1.I. The maximum Gasteiger partial charge on any atom is 0.191 e. The number of likely N-dealkylation sites (tertiary alicyclic amines) is 2. The minimum Gasteiger partial charge on any atom is -0.357 e. The number of guanidine groups is 1. The molecule has 6 nitrogen and oxygen atoms in total. The van der Waals surface area contributed by atoms with Crippen molar-refractivity contribution in [1.29, 1.82) is 0 Å². The van der Waals surface area contributed by atoms with Crippen LogP contribution in [0.1, 0.15) is 55.8 Å². The van der Waals surface area contributed by atoms with Crippen LogP contribution in [-0.2, 0) is 13.0 Å². The summed E-state index contributed by atoms with van der Waals surface area (Å²) < 4.78 is 0. The normalized spacial score (nSPS) is 20.9. The van der Waals surface area contributed by atoms with E-state index in [1.165, 1.54) is 63.2 Å². The second-order valence-electron chi connectivity index (χ2n) is 8.20. The fourth-order valence-corrected chi connectivity index (χ4v) is 5.12. The first kappa shape index (κ1) is 24.8. The van der Waals surface area contributed by atoms with Crippen LogP contribution in [0.15, 0.2) is 11.2 Å². The maximum atomic E-state index is 4.82. The van der Waals surface area contributed by atoms with Crippen LogP contribution in [0.25, 0.3) is 0 Å². The second-order valence-corrected chi connectivity index (χ2v) is 9.40. The van der Waals surface area contributed by atoms with Gasteiger partial charge < -0.3 is 15.5 Å². The van der Waals surface area contributed by atoms with E-state index in [1.54, 1.807) is 11.3 Å². The minimum absolute atomic E-state index is 0. The zero-order valence-corrected chi connectivity index (χ0v) is 21.5. The van der Waals surface area contributed by atoms with Gasteiger partial charge >= 0.3 is 0 Å². The minimum atomic E-state index is 0. The van der Waals surface area contributed by atoms with Gasteiger partial charge in [-0.25, -0.2) is 9.98 Å². The van der Waals surface area contributed by atoms with Gasteiger partial charge in [0.25, 0.3) is 0 Å². The predicted octanol–water partition coefficient (Wildman–Crippen LogP) is 3.33. The first-order valence-electron chi connectivity index (χ1n) is 11.0. The van der Waals surface area contributed by atoms with Crippen LogP contribution in [0.3, 0.4) is 0 Å². The van der Waals surface area contributed by atoms with E-state index in [-0.39, 0.29) is 29.5 Å². The molecule has 0 saturated carbocycles. The maximum absolute atomic E-state index is 4.82. The summed E-state index contributed by atoms with van der Waals surface area (Å²) in [5.74, 6) is 0.922. The third kappa shape index (κ3) is 7.04.